The number of rotatable bonds is 6. The Labute approximate surface area is 157 Å². The molecule has 1 nitrogen and oxygen atoms in total. The lowest BCUT2D eigenvalue weighted by Crippen LogP contribution is -2.33. The molecule has 0 amide bonds. The van der Waals surface area contributed by atoms with Gasteiger partial charge in [-0.1, -0.05) is 58.8 Å². The molecule has 0 heterocycles. The van der Waals surface area contributed by atoms with E-state index in [0.29, 0.717) is 0 Å². The summed E-state index contributed by atoms with van der Waals surface area (Å²) in [4.78, 5) is 0. The van der Waals surface area contributed by atoms with Gasteiger partial charge in [0, 0.05) is 0 Å². The quantitative estimate of drug-likeness (QED) is 0.541. The summed E-state index contributed by atoms with van der Waals surface area (Å²) in [6.07, 6.45) is 22.2. The van der Waals surface area contributed by atoms with Crippen LogP contribution < -0.4 is 0 Å². The molecule has 0 spiro atoms. The first-order valence-corrected chi connectivity index (χ1v) is 11.8. The van der Waals surface area contributed by atoms with E-state index in [0.717, 1.165) is 48.9 Å². The highest BCUT2D eigenvalue weighted by molar-refractivity contribution is 4.85. The van der Waals surface area contributed by atoms with Crippen LogP contribution in [0.4, 0.5) is 0 Å². The summed E-state index contributed by atoms with van der Waals surface area (Å²) in [5.41, 5.74) is -0.314. The van der Waals surface area contributed by atoms with Gasteiger partial charge in [0.15, 0.2) is 0 Å². The van der Waals surface area contributed by atoms with Crippen molar-refractivity contribution in [1.82, 2.24) is 0 Å². The van der Waals surface area contributed by atoms with E-state index in [2.05, 4.69) is 13.8 Å². The second-order valence-corrected chi connectivity index (χ2v) is 10.1. The third-order valence-corrected chi connectivity index (χ3v) is 8.70. The van der Waals surface area contributed by atoms with Crippen molar-refractivity contribution in [3.05, 3.63) is 0 Å². The van der Waals surface area contributed by atoms with Crippen LogP contribution in [0.5, 0.6) is 0 Å². The van der Waals surface area contributed by atoms with E-state index in [4.69, 9.17) is 0 Å². The third-order valence-electron chi connectivity index (χ3n) is 8.70. The molecule has 146 valence electrons. The van der Waals surface area contributed by atoms with Crippen molar-refractivity contribution in [2.45, 2.75) is 122 Å². The van der Waals surface area contributed by atoms with Crippen LogP contribution in [-0.4, -0.2) is 10.7 Å². The van der Waals surface area contributed by atoms with Gasteiger partial charge >= 0.3 is 0 Å². The minimum Gasteiger partial charge on any atom is -0.390 e. The molecule has 0 bridgehead atoms. The topological polar surface area (TPSA) is 20.2 Å². The summed E-state index contributed by atoms with van der Waals surface area (Å²) in [5.74, 6) is 5.13. The van der Waals surface area contributed by atoms with E-state index in [9.17, 15) is 5.11 Å². The van der Waals surface area contributed by atoms with Crippen molar-refractivity contribution in [2.24, 2.45) is 29.6 Å². The van der Waals surface area contributed by atoms with Crippen molar-refractivity contribution >= 4 is 0 Å². The van der Waals surface area contributed by atoms with Crippen LogP contribution in [0.1, 0.15) is 117 Å². The summed E-state index contributed by atoms with van der Waals surface area (Å²) in [7, 11) is 0. The molecule has 25 heavy (non-hydrogen) atoms. The second-order valence-electron chi connectivity index (χ2n) is 10.1. The highest BCUT2D eigenvalue weighted by Crippen LogP contribution is 2.43. The Morgan fingerprint density at radius 1 is 0.640 bits per heavy atom. The molecule has 0 aromatic heterocycles. The highest BCUT2D eigenvalue weighted by Gasteiger charge is 2.33. The van der Waals surface area contributed by atoms with Gasteiger partial charge < -0.3 is 5.11 Å². The molecular weight excluding hydrogens is 304 g/mol. The van der Waals surface area contributed by atoms with Crippen molar-refractivity contribution in [3.63, 3.8) is 0 Å². The van der Waals surface area contributed by atoms with Gasteiger partial charge in [0.05, 0.1) is 5.60 Å². The SMILES string of the molecule is CCC1CCC(C2CCC(CCC3CCC(O)(CC)CC3)CC2)CC1. The molecule has 3 rings (SSSR count). The Morgan fingerprint density at radius 3 is 1.52 bits per heavy atom. The third kappa shape index (κ3) is 5.47. The maximum Gasteiger partial charge on any atom is 0.0645 e. The number of hydrogen-bond acceptors (Lipinski definition) is 1. The van der Waals surface area contributed by atoms with Crippen LogP contribution in [0.15, 0.2) is 0 Å². The Bertz CT molecular complexity index is 366. The predicted molar refractivity (Wildman–Crippen MR) is 108 cm³/mol. The molecule has 0 aromatic rings. The summed E-state index contributed by atoms with van der Waals surface area (Å²) in [5, 5.41) is 10.4. The van der Waals surface area contributed by atoms with Crippen molar-refractivity contribution in [2.75, 3.05) is 0 Å². The van der Waals surface area contributed by atoms with E-state index in [1.165, 1.54) is 83.5 Å². The molecule has 1 heteroatoms. The summed E-state index contributed by atoms with van der Waals surface area (Å²) < 4.78 is 0. The normalized spacial score (nSPS) is 43.1. The zero-order valence-corrected chi connectivity index (χ0v) is 17.1. The van der Waals surface area contributed by atoms with E-state index in [1.54, 1.807) is 0 Å². The Morgan fingerprint density at radius 2 is 1.08 bits per heavy atom. The maximum absolute atomic E-state index is 10.4. The van der Waals surface area contributed by atoms with Crippen molar-refractivity contribution in [3.8, 4) is 0 Å². The van der Waals surface area contributed by atoms with Gasteiger partial charge in [0.2, 0.25) is 0 Å². The zero-order chi connectivity index (χ0) is 17.7. The molecule has 0 saturated heterocycles. The van der Waals surface area contributed by atoms with E-state index in [1.807, 2.05) is 0 Å². The van der Waals surface area contributed by atoms with E-state index in [-0.39, 0.29) is 5.60 Å². The molecule has 3 fully saturated rings. The summed E-state index contributed by atoms with van der Waals surface area (Å²) in [6, 6.07) is 0. The Balaban J connectivity index is 1.31. The molecule has 0 aliphatic heterocycles. The van der Waals surface area contributed by atoms with Gasteiger partial charge in [0.25, 0.3) is 0 Å². The predicted octanol–water partition coefficient (Wildman–Crippen LogP) is 7.12. The Kier molecular flexibility index (Phi) is 7.29. The van der Waals surface area contributed by atoms with Gasteiger partial charge in [-0.3, -0.25) is 0 Å². The molecule has 0 radical (unpaired) electrons. The highest BCUT2D eigenvalue weighted by atomic mass is 16.3. The average Bonchev–Trinajstić information content (AvgIpc) is 2.68. The van der Waals surface area contributed by atoms with Gasteiger partial charge in [-0.2, -0.15) is 0 Å². The fourth-order valence-electron chi connectivity index (χ4n) is 6.34. The zero-order valence-electron chi connectivity index (χ0n) is 17.1. The molecular formula is C24H44O. The van der Waals surface area contributed by atoms with Crippen LogP contribution in [0, 0.1) is 29.6 Å². The average molecular weight is 349 g/mol. The summed E-state index contributed by atoms with van der Waals surface area (Å²) in [6.45, 7) is 4.53. The minimum absolute atomic E-state index is 0.314. The van der Waals surface area contributed by atoms with Crippen LogP contribution in [0.25, 0.3) is 0 Å². The second kappa shape index (κ2) is 9.25. The van der Waals surface area contributed by atoms with E-state index >= 15 is 0 Å². The molecule has 3 saturated carbocycles. The molecule has 3 aliphatic carbocycles. The summed E-state index contributed by atoms with van der Waals surface area (Å²) >= 11 is 0. The lowest BCUT2D eigenvalue weighted by atomic mass is 9.68. The molecule has 3 aliphatic rings. The standard InChI is InChI=1S/C24H44O/c1-3-19-7-11-22(12-8-19)23-13-9-20(10-14-23)5-6-21-15-17-24(25,4-2)18-16-21/h19-23,25H,3-18H2,1-2H3. The smallest absolute Gasteiger partial charge is 0.0645 e. The first kappa shape index (κ1) is 19.7. The van der Waals surface area contributed by atoms with Crippen LogP contribution in [-0.2, 0) is 0 Å². The van der Waals surface area contributed by atoms with Gasteiger partial charge in [-0.15, -0.1) is 0 Å². The lowest BCUT2D eigenvalue weighted by molar-refractivity contribution is -0.0143. The molecule has 0 aromatic carbocycles. The van der Waals surface area contributed by atoms with Crippen LogP contribution in [0.2, 0.25) is 0 Å². The first-order chi connectivity index (χ1) is 12.1. The number of hydrogen-bond donors (Lipinski definition) is 1. The number of aliphatic hydroxyl groups is 1. The molecule has 1 N–H and O–H groups in total. The largest absolute Gasteiger partial charge is 0.390 e. The monoisotopic (exact) mass is 348 g/mol. The molecule has 0 unspecified atom stereocenters. The van der Waals surface area contributed by atoms with Gasteiger partial charge in [0.1, 0.15) is 0 Å². The lowest BCUT2D eigenvalue weighted by Gasteiger charge is -2.39. The van der Waals surface area contributed by atoms with Gasteiger partial charge in [-0.25, -0.2) is 0 Å². The fraction of sp³-hybridized carbons (Fsp3) is 1.00. The maximum atomic E-state index is 10.4. The minimum atomic E-state index is -0.314. The van der Waals surface area contributed by atoms with Gasteiger partial charge in [-0.05, 0) is 87.4 Å². The van der Waals surface area contributed by atoms with Crippen molar-refractivity contribution in [1.29, 1.82) is 0 Å². The first-order valence-electron chi connectivity index (χ1n) is 11.8. The fourth-order valence-corrected chi connectivity index (χ4v) is 6.34. The van der Waals surface area contributed by atoms with Crippen LogP contribution >= 0.6 is 0 Å². The van der Waals surface area contributed by atoms with Crippen molar-refractivity contribution < 1.29 is 5.11 Å². The Hall–Kier alpha value is -0.0400. The van der Waals surface area contributed by atoms with Crippen LogP contribution in [0.3, 0.4) is 0 Å². The molecule has 0 atom stereocenters. The van der Waals surface area contributed by atoms with E-state index < -0.39 is 0 Å².